The first-order chi connectivity index (χ1) is 9.22. The molecule has 5 heteroatoms. The molecule has 0 spiro atoms. The molecule has 0 heterocycles. The van der Waals surface area contributed by atoms with Crippen LogP contribution in [0.25, 0.3) is 0 Å². The van der Waals surface area contributed by atoms with Crippen LogP contribution in [0, 0.1) is 0 Å². The summed E-state index contributed by atoms with van der Waals surface area (Å²) in [4.78, 5) is 0. The van der Waals surface area contributed by atoms with E-state index in [4.69, 9.17) is 31.3 Å². The third-order valence-electron chi connectivity index (χ3n) is 2.77. The van der Waals surface area contributed by atoms with Gasteiger partial charge in [-0.2, -0.15) is 0 Å². The van der Waals surface area contributed by atoms with Gasteiger partial charge < -0.3 is 19.7 Å². The maximum atomic E-state index is 9.09. The Morgan fingerprint density at radius 2 is 1.84 bits per heavy atom. The number of methoxy groups -OCH3 is 1. The molecule has 0 saturated carbocycles. The average Bonchev–Trinajstić information content (AvgIpc) is 2.43. The molecule has 0 fully saturated rings. The van der Waals surface area contributed by atoms with E-state index in [0.29, 0.717) is 28.7 Å². The standard InChI is InChI=1S/C14H21ClO4/c1-18-13-9-11(10-17)8-12(15)14(13)19-7-5-3-2-4-6-16/h8-9,16-17H,2-7,10H2,1H3. The van der Waals surface area contributed by atoms with Crippen LogP contribution in [0.15, 0.2) is 12.1 Å². The Bertz CT molecular complexity index is 382. The molecule has 0 aliphatic heterocycles. The van der Waals surface area contributed by atoms with E-state index >= 15 is 0 Å². The molecule has 0 unspecified atom stereocenters. The van der Waals surface area contributed by atoms with Gasteiger partial charge in [0.15, 0.2) is 11.5 Å². The summed E-state index contributed by atoms with van der Waals surface area (Å²) in [5.41, 5.74) is 0.692. The number of aliphatic hydroxyl groups excluding tert-OH is 2. The molecule has 1 aromatic carbocycles. The smallest absolute Gasteiger partial charge is 0.179 e. The van der Waals surface area contributed by atoms with Crippen LogP contribution in [0.3, 0.4) is 0 Å². The Hall–Kier alpha value is -0.970. The lowest BCUT2D eigenvalue weighted by molar-refractivity contribution is 0.266. The lowest BCUT2D eigenvalue weighted by Gasteiger charge is -2.13. The van der Waals surface area contributed by atoms with Crippen molar-refractivity contribution in [1.82, 2.24) is 0 Å². The molecule has 1 rings (SSSR count). The number of benzene rings is 1. The monoisotopic (exact) mass is 288 g/mol. The van der Waals surface area contributed by atoms with E-state index < -0.39 is 0 Å². The molecule has 19 heavy (non-hydrogen) atoms. The summed E-state index contributed by atoms with van der Waals surface area (Å²) in [6.45, 7) is 0.709. The zero-order valence-electron chi connectivity index (χ0n) is 11.2. The maximum absolute atomic E-state index is 9.09. The second-order valence-corrected chi connectivity index (χ2v) is 4.66. The van der Waals surface area contributed by atoms with Crippen LogP contribution in [0.4, 0.5) is 0 Å². The van der Waals surface area contributed by atoms with Crippen molar-refractivity contribution in [3.05, 3.63) is 22.7 Å². The van der Waals surface area contributed by atoms with Crippen molar-refractivity contribution in [2.24, 2.45) is 0 Å². The zero-order valence-corrected chi connectivity index (χ0v) is 11.9. The van der Waals surface area contributed by atoms with Crippen LogP contribution in [0.2, 0.25) is 5.02 Å². The third-order valence-corrected chi connectivity index (χ3v) is 3.05. The van der Waals surface area contributed by atoms with Crippen molar-refractivity contribution in [3.8, 4) is 11.5 Å². The normalized spacial score (nSPS) is 10.5. The predicted octanol–water partition coefficient (Wildman–Crippen LogP) is 2.77. The molecule has 1 aromatic rings. The zero-order chi connectivity index (χ0) is 14.1. The van der Waals surface area contributed by atoms with E-state index in [9.17, 15) is 0 Å². The number of halogens is 1. The fourth-order valence-electron chi connectivity index (χ4n) is 1.75. The fraction of sp³-hybridized carbons (Fsp3) is 0.571. The van der Waals surface area contributed by atoms with Crippen molar-refractivity contribution in [2.75, 3.05) is 20.3 Å². The molecule has 108 valence electrons. The summed E-state index contributed by atoms with van der Waals surface area (Å²) in [7, 11) is 1.54. The van der Waals surface area contributed by atoms with Gasteiger partial charge in [0, 0.05) is 6.61 Å². The van der Waals surface area contributed by atoms with Crippen LogP contribution in [0.1, 0.15) is 31.2 Å². The van der Waals surface area contributed by atoms with Gasteiger partial charge in [-0.25, -0.2) is 0 Å². The number of rotatable bonds is 9. The molecule has 0 radical (unpaired) electrons. The van der Waals surface area contributed by atoms with Crippen molar-refractivity contribution in [1.29, 1.82) is 0 Å². The van der Waals surface area contributed by atoms with E-state index in [1.54, 1.807) is 19.2 Å². The number of ether oxygens (including phenoxy) is 2. The van der Waals surface area contributed by atoms with Gasteiger partial charge in [-0.1, -0.05) is 18.0 Å². The SMILES string of the molecule is COc1cc(CO)cc(Cl)c1OCCCCCCO. The summed E-state index contributed by atoms with van der Waals surface area (Å²) in [5, 5.41) is 18.2. The van der Waals surface area contributed by atoms with Gasteiger partial charge in [-0.3, -0.25) is 0 Å². The van der Waals surface area contributed by atoms with Crippen LogP contribution >= 0.6 is 11.6 Å². The van der Waals surface area contributed by atoms with E-state index in [0.717, 1.165) is 25.7 Å². The summed E-state index contributed by atoms with van der Waals surface area (Å²) in [6, 6.07) is 3.39. The molecule has 0 aromatic heterocycles. The summed E-state index contributed by atoms with van der Waals surface area (Å²) in [5.74, 6) is 1.05. The number of unbranched alkanes of at least 4 members (excludes halogenated alkanes) is 3. The highest BCUT2D eigenvalue weighted by molar-refractivity contribution is 6.32. The number of aliphatic hydroxyl groups is 2. The Morgan fingerprint density at radius 3 is 2.47 bits per heavy atom. The third kappa shape index (κ3) is 5.27. The van der Waals surface area contributed by atoms with Gasteiger partial charge in [0.05, 0.1) is 25.3 Å². The summed E-state index contributed by atoms with van der Waals surface area (Å²) < 4.78 is 10.8. The molecular weight excluding hydrogens is 268 g/mol. The quantitative estimate of drug-likeness (QED) is 0.686. The Morgan fingerprint density at radius 1 is 1.11 bits per heavy atom. The van der Waals surface area contributed by atoms with E-state index in [1.165, 1.54) is 0 Å². The van der Waals surface area contributed by atoms with Gasteiger partial charge in [-0.05, 0) is 37.0 Å². The maximum Gasteiger partial charge on any atom is 0.179 e. The van der Waals surface area contributed by atoms with Gasteiger partial charge in [0.25, 0.3) is 0 Å². The largest absolute Gasteiger partial charge is 0.493 e. The summed E-state index contributed by atoms with van der Waals surface area (Å²) >= 11 is 6.11. The molecule has 4 nitrogen and oxygen atoms in total. The minimum Gasteiger partial charge on any atom is -0.493 e. The minimum atomic E-state index is -0.0858. The molecule has 0 amide bonds. The first kappa shape index (κ1) is 16.1. The van der Waals surface area contributed by atoms with Gasteiger partial charge in [0.1, 0.15) is 0 Å². The van der Waals surface area contributed by atoms with Crippen LogP contribution in [0.5, 0.6) is 11.5 Å². The average molecular weight is 289 g/mol. The van der Waals surface area contributed by atoms with Gasteiger partial charge in [0.2, 0.25) is 0 Å². The van der Waals surface area contributed by atoms with Crippen LogP contribution in [-0.4, -0.2) is 30.5 Å². The second-order valence-electron chi connectivity index (χ2n) is 4.25. The molecule has 0 saturated heterocycles. The highest BCUT2D eigenvalue weighted by Crippen LogP contribution is 2.36. The van der Waals surface area contributed by atoms with Crippen LogP contribution < -0.4 is 9.47 Å². The van der Waals surface area contributed by atoms with Gasteiger partial charge >= 0.3 is 0 Å². The Balaban J connectivity index is 2.52. The fourth-order valence-corrected chi connectivity index (χ4v) is 2.03. The second kappa shape index (κ2) is 9.02. The van der Waals surface area contributed by atoms with E-state index in [2.05, 4.69) is 0 Å². The van der Waals surface area contributed by atoms with Crippen molar-refractivity contribution < 1.29 is 19.7 Å². The molecule has 2 N–H and O–H groups in total. The minimum absolute atomic E-state index is 0.0858. The Labute approximate surface area is 118 Å². The van der Waals surface area contributed by atoms with Gasteiger partial charge in [-0.15, -0.1) is 0 Å². The molecular formula is C14H21ClO4. The van der Waals surface area contributed by atoms with E-state index in [-0.39, 0.29) is 13.2 Å². The highest BCUT2D eigenvalue weighted by Gasteiger charge is 2.11. The first-order valence-electron chi connectivity index (χ1n) is 6.43. The first-order valence-corrected chi connectivity index (χ1v) is 6.81. The number of hydrogen-bond donors (Lipinski definition) is 2. The highest BCUT2D eigenvalue weighted by atomic mass is 35.5. The van der Waals surface area contributed by atoms with Crippen LogP contribution in [-0.2, 0) is 6.61 Å². The van der Waals surface area contributed by atoms with Crippen molar-refractivity contribution >= 4 is 11.6 Å². The van der Waals surface area contributed by atoms with Crippen molar-refractivity contribution in [2.45, 2.75) is 32.3 Å². The molecule has 0 aliphatic carbocycles. The molecule has 0 aliphatic rings. The molecule has 0 bridgehead atoms. The van der Waals surface area contributed by atoms with Crippen molar-refractivity contribution in [3.63, 3.8) is 0 Å². The Kier molecular flexibility index (Phi) is 7.63. The lowest BCUT2D eigenvalue weighted by Crippen LogP contribution is -2.01. The molecule has 0 atom stereocenters. The summed E-state index contributed by atoms with van der Waals surface area (Å²) in [6.07, 6.45) is 3.74. The van der Waals surface area contributed by atoms with E-state index in [1.807, 2.05) is 0 Å². The topological polar surface area (TPSA) is 58.9 Å². The predicted molar refractivity (Wildman–Crippen MR) is 75.0 cm³/mol. The lowest BCUT2D eigenvalue weighted by atomic mass is 10.2. The number of hydrogen-bond acceptors (Lipinski definition) is 4.